The van der Waals surface area contributed by atoms with Crippen molar-refractivity contribution in [3.63, 3.8) is 0 Å². The van der Waals surface area contributed by atoms with E-state index in [1.54, 1.807) is 27.7 Å². The maximum atomic E-state index is 11.5. The maximum Gasteiger partial charge on any atom is 0.323 e. The molecule has 94 valence electrons. The van der Waals surface area contributed by atoms with Crippen LogP contribution >= 0.6 is 15.4 Å². The van der Waals surface area contributed by atoms with Gasteiger partial charge in [-0.2, -0.15) is 0 Å². The van der Waals surface area contributed by atoms with Crippen LogP contribution in [-0.2, 0) is 18.3 Å². The molecule has 0 amide bonds. The fourth-order valence-corrected chi connectivity index (χ4v) is 5.51. The zero-order chi connectivity index (χ0) is 13.0. The molecule has 0 aliphatic carbocycles. The fourth-order valence-electron chi connectivity index (χ4n) is 2.67. The first-order chi connectivity index (χ1) is 7.38. The Kier molecular flexibility index (Phi) is 5.86. The molecule has 0 saturated heterocycles. The van der Waals surface area contributed by atoms with Crippen molar-refractivity contribution < 1.29 is 18.3 Å². The molecule has 0 aromatic carbocycles. The van der Waals surface area contributed by atoms with Crippen molar-refractivity contribution in [3.8, 4) is 0 Å². The highest BCUT2D eigenvalue weighted by atomic mass is 31.1. The van der Waals surface area contributed by atoms with E-state index in [1.807, 2.05) is 0 Å². The van der Waals surface area contributed by atoms with Crippen molar-refractivity contribution in [1.29, 1.82) is 0 Å². The Morgan fingerprint density at radius 2 is 0.812 bits per heavy atom. The Labute approximate surface area is 97.8 Å². The average Bonchev–Trinajstić information content (AvgIpc) is 2.25. The van der Waals surface area contributed by atoms with Gasteiger partial charge in [-0.05, 0) is 25.7 Å². The van der Waals surface area contributed by atoms with Gasteiger partial charge in [-0.1, -0.05) is 27.7 Å². The average molecular weight is 266 g/mol. The van der Waals surface area contributed by atoms with Gasteiger partial charge < -0.3 is 0 Å². The van der Waals surface area contributed by atoms with E-state index in [0.717, 1.165) is 0 Å². The summed E-state index contributed by atoms with van der Waals surface area (Å²) < 4.78 is 46.1. The molecular weight excluding hydrogens is 246 g/mol. The molecule has 0 spiro atoms. The Morgan fingerprint density at radius 1 is 0.625 bits per heavy atom. The first kappa shape index (κ1) is 15.8. The van der Waals surface area contributed by atoms with Crippen molar-refractivity contribution in [2.45, 2.75) is 63.7 Å². The summed E-state index contributed by atoms with van der Waals surface area (Å²) in [5, 5.41) is -2.25. The number of rotatable bonds is 7. The molecule has 0 aromatic rings. The van der Waals surface area contributed by atoms with E-state index in [9.17, 15) is 18.3 Å². The van der Waals surface area contributed by atoms with Crippen molar-refractivity contribution in [2.75, 3.05) is 0 Å². The highest BCUT2D eigenvalue weighted by molar-refractivity contribution is 7.38. The Bertz CT molecular complexity index is 309. The van der Waals surface area contributed by atoms with E-state index in [1.165, 1.54) is 0 Å². The Morgan fingerprint density at radius 3 is 0.875 bits per heavy atom. The lowest BCUT2D eigenvalue weighted by Gasteiger charge is -2.39. The molecule has 0 aliphatic heterocycles. The van der Waals surface area contributed by atoms with Crippen LogP contribution < -0.4 is 0 Å². The minimum atomic E-state index is -2.76. The van der Waals surface area contributed by atoms with Gasteiger partial charge in [-0.25, -0.2) is 18.3 Å². The standard InChI is InChI=1S/C10H20O4P2/c1-5-9(6-2,15(11)12)10(7-3,8-4)16(13)14/h5-8H2,1-4H3. The molecule has 0 aliphatic rings. The van der Waals surface area contributed by atoms with Crippen molar-refractivity contribution >= 4 is 15.4 Å². The minimum Gasteiger partial charge on any atom is -0.237 e. The van der Waals surface area contributed by atoms with Crippen LogP contribution in [0.5, 0.6) is 0 Å². The summed E-state index contributed by atoms with van der Waals surface area (Å²) in [7, 11) is -5.53. The molecule has 16 heavy (non-hydrogen) atoms. The second-order valence-corrected chi connectivity index (χ2v) is 6.73. The van der Waals surface area contributed by atoms with Gasteiger partial charge in [0.2, 0.25) is 0 Å². The van der Waals surface area contributed by atoms with Crippen LogP contribution in [0.25, 0.3) is 0 Å². The van der Waals surface area contributed by atoms with Crippen molar-refractivity contribution in [3.05, 3.63) is 0 Å². The van der Waals surface area contributed by atoms with E-state index >= 15 is 0 Å². The van der Waals surface area contributed by atoms with Gasteiger partial charge in [-0.3, -0.25) is 0 Å². The third-order valence-electron chi connectivity index (χ3n) is 3.90. The smallest absolute Gasteiger partial charge is 0.237 e. The van der Waals surface area contributed by atoms with E-state index in [4.69, 9.17) is 0 Å². The predicted octanol–water partition coefficient (Wildman–Crippen LogP) is 4.45. The zero-order valence-corrected chi connectivity index (χ0v) is 12.1. The van der Waals surface area contributed by atoms with Gasteiger partial charge in [0, 0.05) is 0 Å². The molecule has 0 aromatic heterocycles. The number of hydrogen-bond acceptors (Lipinski definition) is 4. The summed E-state index contributed by atoms with van der Waals surface area (Å²) in [6, 6.07) is 0. The summed E-state index contributed by atoms with van der Waals surface area (Å²) in [4.78, 5) is 0. The van der Waals surface area contributed by atoms with Crippen LogP contribution in [0.4, 0.5) is 0 Å². The molecule has 0 saturated carbocycles. The molecule has 4 nitrogen and oxygen atoms in total. The van der Waals surface area contributed by atoms with Gasteiger partial charge in [0.15, 0.2) is 0 Å². The van der Waals surface area contributed by atoms with Crippen LogP contribution in [-0.4, -0.2) is 10.3 Å². The van der Waals surface area contributed by atoms with Crippen LogP contribution in [0.2, 0.25) is 0 Å². The second kappa shape index (κ2) is 5.93. The van der Waals surface area contributed by atoms with E-state index in [2.05, 4.69) is 0 Å². The molecule has 0 unspecified atom stereocenters. The molecule has 0 N–H and O–H groups in total. The van der Waals surface area contributed by atoms with E-state index in [0.29, 0.717) is 25.7 Å². The summed E-state index contributed by atoms with van der Waals surface area (Å²) in [5.74, 6) is 0. The van der Waals surface area contributed by atoms with Gasteiger partial charge in [0.05, 0.1) is 10.3 Å². The van der Waals surface area contributed by atoms with E-state index in [-0.39, 0.29) is 0 Å². The third kappa shape index (κ3) is 2.10. The van der Waals surface area contributed by atoms with Crippen LogP contribution in [0, 0.1) is 0 Å². The molecule has 0 rings (SSSR count). The monoisotopic (exact) mass is 266 g/mol. The summed E-state index contributed by atoms with van der Waals surface area (Å²) in [6.45, 7) is 6.97. The largest absolute Gasteiger partial charge is 0.323 e. The molecule has 6 heteroatoms. The van der Waals surface area contributed by atoms with Gasteiger partial charge >= 0.3 is 15.4 Å². The molecule has 0 atom stereocenters. The van der Waals surface area contributed by atoms with Crippen molar-refractivity contribution in [1.82, 2.24) is 0 Å². The Balaban J connectivity index is 5.99. The highest BCUT2D eigenvalue weighted by Crippen LogP contribution is 2.56. The molecule has 0 radical (unpaired) electrons. The van der Waals surface area contributed by atoms with Crippen molar-refractivity contribution in [2.24, 2.45) is 0 Å². The molecule has 0 heterocycles. The fraction of sp³-hybridized carbons (Fsp3) is 1.00. The minimum absolute atomic E-state index is 0.340. The van der Waals surface area contributed by atoms with Gasteiger partial charge in [-0.15, -0.1) is 0 Å². The quantitative estimate of drug-likeness (QED) is 0.638. The zero-order valence-electron chi connectivity index (χ0n) is 10.4. The summed E-state index contributed by atoms with van der Waals surface area (Å²) in [6.07, 6.45) is 1.36. The predicted molar refractivity (Wildman–Crippen MR) is 63.2 cm³/mol. The third-order valence-corrected chi connectivity index (χ3v) is 7.60. The Hall–Kier alpha value is -0.200. The van der Waals surface area contributed by atoms with Crippen LogP contribution in [0.1, 0.15) is 53.4 Å². The van der Waals surface area contributed by atoms with E-state index < -0.39 is 25.7 Å². The van der Waals surface area contributed by atoms with Crippen LogP contribution in [0.3, 0.4) is 0 Å². The molecular formula is C10H20O4P2. The topological polar surface area (TPSA) is 68.3 Å². The van der Waals surface area contributed by atoms with Gasteiger partial charge in [0.1, 0.15) is 0 Å². The lowest BCUT2D eigenvalue weighted by Crippen LogP contribution is -2.45. The molecule has 0 fully saturated rings. The van der Waals surface area contributed by atoms with Gasteiger partial charge in [0.25, 0.3) is 0 Å². The summed E-state index contributed by atoms with van der Waals surface area (Å²) >= 11 is 0. The normalized spacial score (nSPS) is 12.5. The SMILES string of the molecule is CCC(CC)(P(=O)=O)C(CC)(CC)P(=O)=O. The lowest BCUT2D eigenvalue weighted by molar-refractivity contribution is 0.318. The second-order valence-electron chi connectivity index (χ2n) is 3.99. The number of hydrogen-bond donors (Lipinski definition) is 0. The molecule has 0 bridgehead atoms. The highest BCUT2D eigenvalue weighted by Gasteiger charge is 2.55. The summed E-state index contributed by atoms with van der Waals surface area (Å²) in [5.41, 5.74) is 0. The lowest BCUT2D eigenvalue weighted by atomic mass is 9.82. The first-order valence-corrected chi connectivity index (χ1v) is 8.03. The van der Waals surface area contributed by atoms with Crippen LogP contribution in [0.15, 0.2) is 0 Å². The maximum absolute atomic E-state index is 11.5. The first-order valence-electron chi connectivity index (χ1n) is 5.67.